The van der Waals surface area contributed by atoms with Crippen molar-refractivity contribution >= 4 is 175 Å². The van der Waals surface area contributed by atoms with Gasteiger partial charge in [0.2, 0.25) is 0 Å². The van der Waals surface area contributed by atoms with Crippen LogP contribution in [-0.4, -0.2) is 22.8 Å². The van der Waals surface area contributed by atoms with E-state index < -0.39 is 0 Å². The van der Waals surface area contributed by atoms with Gasteiger partial charge in [0.15, 0.2) is 5.58 Å². The van der Waals surface area contributed by atoms with Gasteiger partial charge in [-0.25, -0.2) is 0 Å². The van der Waals surface area contributed by atoms with Crippen LogP contribution < -0.4 is 0 Å². The highest BCUT2D eigenvalue weighted by atomic mass is 16.3. The van der Waals surface area contributed by atoms with Crippen LogP contribution in [0.3, 0.4) is 0 Å². The predicted octanol–water partition coefficient (Wildman–Crippen LogP) is 31.1. The van der Waals surface area contributed by atoms with Crippen molar-refractivity contribution in [1.82, 2.24) is 22.8 Å². The number of fused-ring (bicyclic) bond motifs is 24. The molecule has 8 heteroatoms. The van der Waals surface area contributed by atoms with E-state index in [9.17, 15) is 0 Å². The molecule has 0 amide bonds. The zero-order valence-electron chi connectivity index (χ0n) is 67.6. The number of nitrogens with zero attached hydrogens (tertiary/aromatic N) is 5. The third-order valence-electron chi connectivity index (χ3n) is 24.2. The van der Waals surface area contributed by atoms with Gasteiger partial charge < -0.3 is 36.1 Å². The van der Waals surface area contributed by atoms with E-state index in [0.717, 1.165) is 94.0 Å². The lowest BCUT2D eigenvalue weighted by atomic mass is 10.0. The summed E-state index contributed by atoms with van der Waals surface area (Å²) in [6.07, 6.45) is 0. The maximum absolute atomic E-state index is 6.31. The molecule has 0 saturated carbocycles. The molecule has 0 unspecified atom stereocenters. The van der Waals surface area contributed by atoms with Gasteiger partial charge >= 0.3 is 0 Å². The minimum Gasteiger partial charge on any atom is -0.456 e. The SMILES string of the molecule is Cc1ccc2c(c1)c1ccccc1n2-c1ccc(-c2cccc3c2oc2ccccc23)cc1.Cc1ccc2c(c1)c1ccccc1n2-c1ccc2oc3ccccc3c2c1.Cc1ccc2c(c1)c1ccccc1n2-c1cccc2c1oc1ccccc12.Cc1ccc2c(c1)c1ccccc1n2-c1ccccc1.Cn1c2ccccc2c2ccccc21. The summed E-state index contributed by atoms with van der Waals surface area (Å²) in [5, 5.41) is 20.0. The Morgan fingerprint density at radius 3 is 0.950 bits per heavy atom. The minimum absolute atomic E-state index is 0.927. The molecule has 26 rings (SSSR count). The van der Waals surface area contributed by atoms with Crippen molar-refractivity contribution in [3.05, 3.63) is 423 Å². The average Bonchev–Trinajstić information content (AvgIpc) is 1.58. The number of benzene rings is 18. The Morgan fingerprint density at radius 1 is 0.182 bits per heavy atom. The van der Waals surface area contributed by atoms with E-state index >= 15 is 0 Å². The second-order valence-corrected chi connectivity index (χ2v) is 31.8. The lowest BCUT2D eigenvalue weighted by Crippen LogP contribution is -1.94. The van der Waals surface area contributed by atoms with Gasteiger partial charge in [-0.2, -0.15) is 0 Å². The summed E-state index contributed by atoms with van der Waals surface area (Å²) < 4.78 is 30.2. The van der Waals surface area contributed by atoms with E-state index in [1.807, 2.05) is 36.4 Å². The van der Waals surface area contributed by atoms with Gasteiger partial charge in [-0.05, 0) is 185 Å². The third kappa shape index (κ3) is 12.3. The summed E-state index contributed by atoms with van der Waals surface area (Å²) in [5.41, 5.74) is 30.0. The van der Waals surface area contributed by atoms with E-state index in [1.54, 1.807) is 0 Å². The monoisotopic (exact) mass is 1560 g/mol. The molecule has 8 nitrogen and oxygen atoms in total. The summed E-state index contributed by atoms with van der Waals surface area (Å²) in [7, 11) is 2.12. The smallest absolute Gasteiger partial charge is 0.159 e. The van der Waals surface area contributed by atoms with Crippen LogP contribution in [-0.2, 0) is 7.05 Å². The normalized spacial score (nSPS) is 11.7. The van der Waals surface area contributed by atoms with E-state index in [4.69, 9.17) is 13.3 Å². The fourth-order valence-electron chi connectivity index (χ4n) is 18.7. The summed E-state index contributed by atoms with van der Waals surface area (Å²) >= 11 is 0. The maximum atomic E-state index is 6.31. The average molecular weight is 1560 g/mol. The number of aromatic nitrogens is 5. The van der Waals surface area contributed by atoms with E-state index in [0.29, 0.717) is 0 Å². The van der Waals surface area contributed by atoms with Gasteiger partial charge in [0.25, 0.3) is 0 Å². The standard InChI is InChI=1S/C31H21NO.2C25H17NO.C19H15N.C13H11N/c1-20-13-18-29-27(19-20)24-7-2-4-11-28(24)32(29)22-16-14-21(15-17-22)23-9-6-10-26-25-8-3-5-12-30(25)33-31(23)26;1-16-13-14-22-20(15-16)17-7-2-4-10-21(17)26(22)23-11-6-9-19-18-8-3-5-12-24(18)27-25(19)23;1-16-10-12-23-20(14-16)18-6-2-4-8-22(18)26(23)17-11-13-25-21(15-17)19-7-3-5-9-24(19)27-25;1-14-11-12-19-17(13-14)16-9-5-6-10-18(16)20(19)15-7-3-2-4-8-15;1-14-12-8-4-2-6-10(12)11-7-3-5-9-13(11)14/h2-19H,1H3;2*2-15H,1H3;2-13H,1H3;2-9H,1H3. The molecule has 121 heavy (non-hydrogen) atoms. The van der Waals surface area contributed by atoms with Crippen molar-refractivity contribution in [3.8, 4) is 33.9 Å². The summed E-state index contributed by atoms with van der Waals surface area (Å²) in [4.78, 5) is 0. The molecule has 0 aliphatic heterocycles. The molecule has 0 aliphatic rings. The molecule has 0 spiro atoms. The number of para-hydroxylation sites is 12. The largest absolute Gasteiger partial charge is 0.456 e. The van der Waals surface area contributed by atoms with Crippen LogP contribution in [0.2, 0.25) is 0 Å². The molecule has 8 heterocycles. The summed E-state index contributed by atoms with van der Waals surface area (Å²) in [6.45, 7) is 8.59. The highest BCUT2D eigenvalue weighted by Crippen LogP contribution is 2.43. The Hall–Kier alpha value is -15.6. The Balaban J connectivity index is 0.0000000927. The molecule has 26 aromatic rings. The van der Waals surface area contributed by atoms with Gasteiger partial charge in [-0.15, -0.1) is 0 Å². The Bertz CT molecular complexity index is 8480. The quantitative estimate of drug-likeness (QED) is 0.172. The number of hydrogen-bond donors (Lipinski definition) is 0. The highest BCUT2D eigenvalue weighted by Gasteiger charge is 2.21. The van der Waals surface area contributed by atoms with Crippen molar-refractivity contribution in [2.24, 2.45) is 7.05 Å². The van der Waals surface area contributed by atoms with Crippen molar-refractivity contribution in [2.75, 3.05) is 0 Å². The first-order valence-corrected chi connectivity index (χ1v) is 41.4. The molecule has 0 N–H and O–H groups in total. The van der Waals surface area contributed by atoms with Crippen LogP contribution in [0.5, 0.6) is 0 Å². The first kappa shape index (κ1) is 71.9. The summed E-state index contributed by atoms with van der Waals surface area (Å²) in [6, 6.07) is 142. The lowest BCUT2D eigenvalue weighted by Gasteiger charge is -2.10. The van der Waals surface area contributed by atoms with Crippen LogP contribution in [0.4, 0.5) is 0 Å². The highest BCUT2D eigenvalue weighted by molar-refractivity contribution is 6.16. The molecule has 18 aromatic carbocycles. The number of rotatable bonds is 5. The van der Waals surface area contributed by atoms with Gasteiger partial charge in [-0.3, -0.25) is 0 Å². The molecule has 0 saturated heterocycles. The molecule has 0 bridgehead atoms. The first-order chi connectivity index (χ1) is 59.6. The lowest BCUT2D eigenvalue weighted by molar-refractivity contribution is 0.666. The van der Waals surface area contributed by atoms with Gasteiger partial charge in [0.1, 0.15) is 27.9 Å². The van der Waals surface area contributed by atoms with Crippen molar-refractivity contribution < 1.29 is 13.3 Å². The number of hydrogen-bond acceptors (Lipinski definition) is 3. The molecule has 0 atom stereocenters. The van der Waals surface area contributed by atoms with Crippen molar-refractivity contribution in [1.29, 1.82) is 0 Å². The topological polar surface area (TPSA) is 64.1 Å². The molecule has 0 aliphatic carbocycles. The molecule has 576 valence electrons. The Labute approximate surface area is 697 Å². The fraction of sp³-hybridized carbons (Fsp3) is 0.0442. The minimum atomic E-state index is 0.927. The molecular weight excluding hydrogens is 1480 g/mol. The zero-order chi connectivity index (χ0) is 80.9. The van der Waals surface area contributed by atoms with Crippen LogP contribution in [0, 0.1) is 27.7 Å². The van der Waals surface area contributed by atoms with E-state index in [2.05, 4.69) is 422 Å². The van der Waals surface area contributed by atoms with E-state index in [-0.39, 0.29) is 0 Å². The zero-order valence-corrected chi connectivity index (χ0v) is 67.6. The van der Waals surface area contributed by atoms with Crippen LogP contribution >= 0.6 is 0 Å². The van der Waals surface area contributed by atoms with Crippen LogP contribution in [0.1, 0.15) is 22.3 Å². The summed E-state index contributed by atoms with van der Waals surface area (Å²) in [5.74, 6) is 0. The molecular formula is C113H81N5O3. The molecule has 0 fully saturated rings. The van der Waals surface area contributed by atoms with Gasteiger partial charge in [0, 0.05) is 127 Å². The van der Waals surface area contributed by atoms with Crippen LogP contribution in [0.25, 0.3) is 209 Å². The predicted molar refractivity (Wildman–Crippen MR) is 510 cm³/mol. The van der Waals surface area contributed by atoms with Gasteiger partial charge in [0.05, 0.1) is 49.8 Å². The first-order valence-electron chi connectivity index (χ1n) is 41.4. The maximum Gasteiger partial charge on any atom is 0.159 e. The Morgan fingerprint density at radius 2 is 0.488 bits per heavy atom. The van der Waals surface area contributed by atoms with Crippen molar-refractivity contribution in [3.63, 3.8) is 0 Å². The molecule has 8 aromatic heterocycles. The van der Waals surface area contributed by atoms with Gasteiger partial charge in [-0.1, -0.05) is 271 Å². The second-order valence-electron chi connectivity index (χ2n) is 31.8. The number of aryl methyl sites for hydroxylation is 5. The van der Waals surface area contributed by atoms with Crippen LogP contribution in [0.15, 0.2) is 414 Å². The van der Waals surface area contributed by atoms with Crippen molar-refractivity contribution in [2.45, 2.75) is 27.7 Å². The molecule has 0 radical (unpaired) electrons. The second kappa shape index (κ2) is 29.5. The third-order valence-corrected chi connectivity index (χ3v) is 24.2. The fourth-order valence-corrected chi connectivity index (χ4v) is 18.7. The number of furan rings is 3. The van der Waals surface area contributed by atoms with E-state index in [1.165, 1.54) is 137 Å². The Kier molecular flexibility index (Phi) is 17.5.